The van der Waals surface area contributed by atoms with Gasteiger partial charge in [0.25, 0.3) is 0 Å². The molecule has 0 saturated heterocycles. The first-order valence-corrected chi connectivity index (χ1v) is 4.70. The maximum Gasteiger partial charge on any atom is 0.166 e. The number of nitrogens with zero attached hydrogens (tertiary/aromatic N) is 1. The van der Waals surface area contributed by atoms with Crippen LogP contribution in [0.25, 0.3) is 0 Å². The minimum absolute atomic E-state index is 0.151. The van der Waals surface area contributed by atoms with E-state index < -0.39 is 0 Å². The standard InChI is InChI=1S/C10H16N2O/c1-3-12-7(2)10-8(11)5-4-6-9(10)13/h3-6,11H2,1-2H3. The van der Waals surface area contributed by atoms with Gasteiger partial charge in [-0.2, -0.15) is 0 Å². The van der Waals surface area contributed by atoms with Gasteiger partial charge >= 0.3 is 0 Å². The lowest BCUT2D eigenvalue weighted by Crippen LogP contribution is -2.21. The molecule has 0 unspecified atom stereocenters. The molecule has 1 rings (SSSR count). The van der Waals surface area contributed by atoms with Crippen LogP contribution in [0.4, 0.5) is 0 Å². The van der Waals surface area contributed by atoms with Crippen molar-refractivity contribution in [2.45, 2.75) is 33.1 Å². The highest BCUT2D eigenvalue weighted by atomic mass is 16.1. The topological polar surface area (TPSA) is 55.4 Å². The summed E-state index contributed by atoms with van der Waals surface area (Å²) in [6, 6.07) is 0. The number of hydrogen-bond acceptors (Lipinski definition) is 3. The number of aliphatic imine (C=N–C) groups is 1. The Morgan fingerprint density at radius 1 is 1.54 bits per heavy atom. The zero-order valence-electron chi connectivity index (χ0n) is 8.26. The zero-order chi connectivity index (χ0) is 9.84. The highest BCUT2D eigenvalue weighted by Crippen LogP contribution is 2.19. The maximum atomic E-state index is 11.5. The fourth-order valence-corrected chi connectivity index (χ4v) is 1.62. The number of allylic oxidation sites excluding steroid dienone is 2. The normalized spacial score (nSPS) is 19.5. The fraction of sp³-hybridized carbons (Fsp3) is 0.600. The molecule has 0 aromatic heterocycles. The molecule has 0 bridgehead atoms. The summed E-state index contributed by atoms with van der Waals surface area (Å²) in [7, 11) is 0. The Bertz CT molecular complexity index is 277. The average molecular weight is 180 g/mol. The Kier molecular flexibility index (Phi) is 3.23. The van der Waals surface area contributed by atoms with Crippen molar-refractivity contribution in [1.29, 1.82) is 0 Å². The molecule has 0 aromatic rings. The second-order valence-corrected chi connectivity index (χ2v) is 3.24. The van der Waals surface area contributed by atoms with Crippen molar-refractivity contribution in [1.82, 2.24) is 0 Å². The molecule has 0 amide bonds. The monoisotopic (exact) mass is 180 g/mol. The van der Waals surface area contributed by atoms with Gasteiger partial charge in [0.15, 0.2) is 5.78 Å². The van der Waals surface area contributed by atoms with E-state index in [0.717, 1.165) is 18.6 Å². The van der Waals surface area contributed by atoms with Crippen LogP contribution in [-0.2, 0) is 4.79 Å². The average Bonchev–Trinajstić information content (AvgIpc) is 2.04. The van der Waals surface area contributed by atoms with Gasteiger partial charge in [-0.05, 0) is 26.7 Å². The Hall–Kier alpha value is -1.12. The predicted octanol–water partition coefficient (Wildman–Crippen LogP) is 1.43. The van der Waals surface area contributed by atoms with Gasteiger partial charge < -0.3 is 5.73 Å². The summed E-state index contributed by atoms with van der Waals surface area (Å²) in [5.41, 5.74) is 7.96. The summed E-state index contributed by atoms with van der Waals surface area (Å²) in [5, 5.41) is 0. The van der Waals surface area contributed by atoms with Crippen LogP contribution >= 0.6 is 0 Å². The summed E-state index contributed by atoms with van der Waals surface area (Å²) in [6.07, 6.45) is 2.33. The van der Waals surface area contributed by atoms with E-state index in [1.165, 1.54) is 0 Å². The van der Waals surface area contributed by atoms with Gasteiger partial charge in [0, 0.05) is 24.4 Å². The van der Waals surface area contributed by atoms with Crippen LogP contribution in [0.15, 0.2) is 16.3 Å². The van der Waals surface area contributed by atoms with Crippen LogP contribution in [-0.4, -0.2) is 18.0 Å². The van der Waals surface area contributed by atoms with E-state index in [2.05, 4.69) is 4.99 Å². The molecule has 72 valence electrons. The minimum atomic E-state index is 0.151. The van der Waals surface area contributed by atoms with Gasteiger partial charge in [-0.3, -0.25) is 9.79 Å². The molecule has 0 heterocycles. The lowest BCUT2D eigenvalue weighted by Gasteiger charge is -2.15. The first-order valence-electron chi connectivity index (χ1n) is 4.70. The molecule has 0 spiro atoms. The Morgan fingerprint density at radius 3 is 2.77 bits per heavy atom. The molecule has 0 radical (unpaired) electrons. The third-order valence-corrected chi connectivity index (χ3v) is 2.21. The van der Waals surface area contributed by atoms with Crippen molar-refractivity contribution in [2.24, 2.45) is 10.7 Å². The van der Waals surface area contributed by atoms with E-state index >= 15 is 0 Å². The molecule has 3 nitrogen and oxygen atoms in total. The van der Waals surface area contributed by atoms with Gasteiger partial charge in [-0.15, -0.1) is 0 Å². The molecular formula is C10H16N2O. The van der Waals surface area contributed by atoms with Crippen LogP contribution < -0.4 is 5.73 Å². The van der Waals surface area contributed by atoms with Crippen molar-refractivity contribution < 1.29 is 4.79 Å². The van der Waals surface area contributed by atoms with Crippen molar-refractivity contribution in [3.8, 4) is 0 Å². The molecule has 0 atom stereocenters. The van der Waals surface area contributed by atoms with Gasteiger partial charge in [0.05, 0.1) is 5.57 Å². The first-order chi connectivity index (χ1) is 6.16. The van der Waals surface area contributed by atoms with E-state index in [1.807, 2.05) is 13.8 Å². The van der Waals surface area contributed by atoms with E-state index in [1.54, 1.807) is 0 Å². The smallest absolute Gasteiger partial charge is 0.166 e. The number of nitrogens with two attached hydrogens (primary N) is 1. The van der Waals surface area contributed by atoms with Crippen molar-refractivity contribution in [3.63, 3.8) is 0 Å². The number of carbonyl (C=O) groups excluding carboxylic acids is 1. The predicted molar refractivity (Wildman–Crippen MR) is 53.7 cm³/mol. The molecule has 0 saturated carbocycles. The second kappa shape index (κ2) is 4.21. The van der Waals surface area contributed by atoms with E-state index in [0.29, 0.717) is 24.2 Å². The molecule has 3 heteroatoms. The van der Waals surface area contributed by atoms with Crippen LogP contribution in [0, 0.1) is 0 Å². The number of carbonyl (C=O) groups is 1. The third-order valence-electron chi connectivity index (χ3n) is 2.21. The van der Waals surface area contributed by atoms with Gasteiger partial charge in [-0.25, -0.2) is 0 Å². The molecule has 0 fully saturated rings. The second-order valence-electron chi connectivity index (χ2n) is 3.24. The molecular weight excluding hydrogens is 164 g/mol. The van der Waals surface area contributed by atoms with E-state index in [-0.39, 0.29) is 5.78 Å². The summed E-state index contributed by atoms with van der Waals surface area (Å²) in [4.78, 5) is 15.7. The summed E-state index contributed by atoms with van der Waals surface area (Å²) >= 11 is 0. The van der Waals surface area contributed by atoms with Crippen molar-refractivity contribution >= 4 is 11.5 Å². The van der Waals surface area contributed by atoms with Gasteiger partial charge in [0.1, 0.15) is 0 Å². The number of Topliss-reactive ketones (excluding diaryl/α,β-unsaturated/α-hetero) is 1. The Balaban J connectivity index is 2.98. The largest absolute Gasteiger partial charge is 0.401 e. The fourth-order valence-electron chi connectivity index (χ4n) is 1.62. The Morgan fingerprint density at radius 2 is 2.23 bits per heavy atom. The number of hydrogen-bond donors (Lipinski definition) is 1. The summed E-state index contributed by atoms with van der Waals surface area (Å²) in [6.45, 7) is 4.51. The molecule has 0 aliphatic heterocycles. The van der Waals surface area contributed by atoms with Crippen LogP contribution in [0.2, 0.25) is 0 Å². The summed E-state index contributed by atoms with van der Waals surface area (Å²) < 4.78 is 0. The molecule has 0 aromatic carbocycles. The third kappa shape index (κ3) is 2.17. The highest BCUT2D eigenvalue weighted by molar-refractivity contribution is 6.22. The molecule has 13 heavy (non-hydrogen) atoms. The van der Waals surface area contributed by atoms with Crippen molar-refractivity contribution in [3.05, 3.63) is 11.3 Å². The Labute approximate surface area is 78.7 Å². The quantitative estimate of drug-likeness (QED) is 0.653. The van der Waals surface area contributed by atoms with E-state index in [9.17, 15) is 4.79 Å². The number of rotatable bonds is 2. The highest BCUT2D eigenvalue weighted by Gasteiger charge is 2.20. The molecule has 2 N–H and O–H groups in total. The maximum absolute atomic E-state index is 11.5. The van der Waals surface area contributed by atoms with Crippen molar-refractivity contribution in [2.75, 3.05) is 6.54 Å². The van der Waals surface area contributed by atoms with Crippen LogP contribution in [0.3, 0.4) is 0 Å². The van der Waals surface area contributed by atoms with Gasteiger partial charge in [-0.1, -0.05) is 0 Å². The zero-order valence-corrected chi connectivity index (χ0v) is 8.26. The minimum Gasteiger partial charge on any atom is -0.401 e. The SMILES string of the molecule is CCN=C(C)C1=C(N)CCCC1=O. The molecule has 1 aliphatic rings. The van der Waals surface area contributed by atoms with Gasteiger partial charge in [0.2, 0.25) is 0 Å². The van der Waals surface area contributed by atoms with E-state index in [4.69, 9.17) is 5.73 Å². The summed E-state index contributed by atoms with van der Waals surface area (Å²) in [5.74, 6) is 0.151. The number of ketones is 1. The lowest BCUT2D eigenvalue weighted by molar-refractivity contribution is -0.115. The lowest BCUT2D eigenvalue weighted by atomic mass is 9.92. The molecule has 1 aliphatic carbocycles. The van der Waals surface area contributed by atoms with Crippen LogP contribution in [0.5, 0.6) is 0 Å². The van der Waals surface area contributed by atoms with Crippen LogP contribution in [0.1, 0.15) is 33.1 Å². The first kappa shape index (κ1) is 9.96.